The number of hydrogen-bond acceptors (Lipinski definition) is 5. The number of hydrogen-bond donors (Lipinski definition) is 0. The third kappa shape index (κ3) is 4.26. The van der Waals surface area contributed by atoms with Gasteiger partial charge in [-0.2, -0.15) is 0 Å². The Balaban J connectivity index is 1.79. The van der Waals surface area contributed by atoms with Gasteiger partial charge in [-0.1, -0.05) is 17.7 Å². The van der Waals surface area contributed by atoms with E-state index in [9.17, 15) is 17.2 Å². The second kappa shape index (κ2) is 8.28. The van der Waals surface area contributed by atoms with Gasteiger partial charge in [-0.05, 0) is 54.3 Å². The molecule has 0 aliphatic rings. The summed E-state index contributed by atoms with van der Waals surface area (Å²) in [6, 6.07) is 10.8. The molecule has 5 nitrogen and oxygen atoms in total. The van der Waals surface area contributed by atoms with Crippen molar-refractivity contribution in [3.8, 4) is 11.3 Å². The molecule has 2 aromatic heterocycles. The predicted molar refractivity (Wildman–Crippen MR) is 115 cm³/mol. The number of benzene rings is 2. The highest BCUT2D eigenvalue weighted by molar-refractivity contribution is 7.90. The number of pyridine rings is 1. The molecule has 2 aromatic carbocycles. The van der Waals surface area contributed by atoms with Crippen molar-refractivity contribution in [1.29, 1.82) is 0 Å². The summed E-state index contributed by atoms with van der Waals surface area (Å²) in [4.78, 5) is 12.3. The molecule has 0 atom stereocenters. The molecule has 0 spiro atoms. The number of nitrogens with zero attached hydrogens (tertiary/aromatic N) is 3. The maximum Gasteiger partial charge on any atom is 0.265 e. The monoisotopic (exact) mass is 459 g/mol. The molecule has 0 aliphatic carbocycles. The lowest BCUT2D eigenvalue weighted by Crippen LogP contribution is -2.06. The first-order valence-corrected chi connectivity index (χ1v) is 11.2. The Hall–Kier alpha value is -2.97. The first-order valence-electron chi connectivity index (χ1n) is 9.21. The first kappa shape index (κ1) is 21.3. The van der Waals surface area contributed by atoms with Gasteiger partial charge in [0.05, 0.1) is 27.1 Å². The summed E-state index contributed by atoms with van der Waals surface area (Å²) in [6.07, 6.45) is 1.66. The first-order chi connectivity index (χ1) is 14.8. The van der Waals surface area contributed by atoms with E-state index in [1.807, 2.05) is 0 Å². The fraction of sp³-hybridized carbons (Fsp3) is 0.136. The molecular formula is C22H16ClF2N3O2S. The normalized spacial score (nSPS) is 11.9. The Morgan fingerprint density at radius 1 is 1.03 bits per heavy atom. The fourth-order valence-corrected chi connectivity index (χ4v) is 4.93. The number of aromatic nitrogens is 3. The van der Waals surface area contributed by atoms with Crippen molar-refractivity contribution in [2.45, 2.75) is 24.0 Å². The van der Waals surface area contributed by atoms with Gasteiger partial charge in [0.15, 0.2) is 9.84 Å². The third-order valence-corrected chi connectivity index (χ3v) is 6.89. The van der Waals surface area contributed by atoms with Gasteiger partial charge in [-0.15, -0.1) is 0 Å². The molecule has 158 valence electrons. The van der Waals surface area contributed by atoms with Gasteiger partial charge in [0.2, 0.25) is 0 Å². The fourth-order valence-electron chi connectivity index (χ4n) is 3.37. The van der Waals surface area contributed by atoms with E-state index in [2.05, 4.69) is 15.0 Å². The summed E-state index contributed by atoms with van der Waals surface area (Å²) in [6.45, 7) is 1.71. The number of alkyl halides is 2. The third-order valence-electron chi connectivity index (χ3n) is 4.91. The van der Waals surface area contributed by atoms with Gasteiger partial charge in [0.25, 0.3) is 6.43 Å². The maximum absolute atomic E-state index is 13.1. The zero-order valence-electron chi connectivity index (χ0n) is 16.3. The maximum atomic E-state index is 13.1. The Kier molecular flexibility index (Phi) is 5.68. The number of sulfone groups is 1. The van der Waals surface area contributed by atoms with E-state index in [-0.39, 0.29) is 21.2 Å². The Bertz CT molecular complexity index is 1380. The lowest BCUT2D eigenvalue weighted by molar-refractivity contribution is 0.151. The van der Waals surface area contributed by atoms with Crippen LogP contribution in [0.15, 0.2) is 66.1 Å². The molecule has 31 heavy (non-hydrogen) atoms. The molecule has 0 N–H and O–H groups in total. The quantitative estimate of drug-likeness (QED) is 0.390. The molecule has 4 aromatic rings. The van der Waals surface area contributed by atoms with Crippen molar-refractivity contribution in [3.05, 3.63) is 83.0 Å². The minimum Gasteiger partial charge on any atom is -0.256 e. The van der Waals surface area contributed by atoms with Crippen LogP contribution in [-0.2, 0) is 15.6 Å². The highest BCUT2D eigenvalue weighted by atomic mass is 35.5. The summed E-state index contributed by atoms with van der Waals surface area (Å²) < 4.78 is 52.0. The number of fused-ring (bicyclic) bond motifs is 1. The van der Waals surface area contributed by atoms with Gasteiger partial charge < -0.3 is 0 Å². The van der Waals surface area contributed by atoms with Crippen molar-refractivity contribution < 1.29 is 17.2 Å². The van der Waals surface area contributed by atoms with E-state index >= 15 is 0 Å². The van der Waals surface area contributed by atoms with Crippen molar-refractivity contribution in [2.24, 2.45) is 0 Å². The van der Waals surface area contributed by atoms with E-state index in [4.69, 9.17) is 11.6 Å². The van der Waals surface area contributed by atoms with Crippen molar-refractivity contribution in [3.63, 3.8) is 0 Å². The smallest absolute Gasteiger partial charge is 0.256 e. The topological polar surface area (TPSA) is 72.8 Å². The SMILES string of the molecule is Cc1cc(C(F)F)c(Cl)cc1-c1nccc2cc(S(=O)(=O)Cc3ccncn3)ccc12. The van der Waals surface area contributed by atoms with Crippen LogP contribution in [-0.4, -0.2) is 23.4 Å². The van der Waals surface area contributed by atoms with E-state index in [0.29, 0.717) is 33.3 Å². The molecule has 0 radical (unpaired) electrons. The molecule has 9 heteroatoms. The Morgan fingerprint density at radius 2 is 1.84 bits per heavy atom. The molecule has 0 fully saturated rings. The second-order valence-corrected chi connectivity index (χ2v) is 9.39. The van der Waals surface area contributed by atoms with Crippen LogP contribution in [0.25, 0.3) is 22.0 Å². The average Bonchev–Trinajstić information content (AvgIpc) is 2.74. The van der Waals surface area contributed by atoms with Crippen LogP contribution in [0.1, 0.15) is 23.2 Å². The zero-order chi connectivity index (χ0) is 22.2. The molecule has 4 rings (SSSR count). The molecule has 0 bridgehead atoms. The lowest BCUT2D eigenvalue weighted by Gasteiger charge is -2.13. The van der Waals surface area contributed by atoms with Gasteiger partial charge in [-0.3, -0.25) is 4.98 Å². The molecule has 2 heterocycles. The van der Waals surface area contributed by atoms with Crippen LogP contribution in [0.5, 0.6) is 0 Å². The molecule has 0 amide bonds. The summed E-state index contributed by atoms with van der Waals surface area (Å²) in [7, 11) is -3.63. The number of halogens is 3. The molecular weight excluding hydrogens is 444 g/mol. The van der Waals surface area contributed by atoms with Crippen LogP contribution in [0.4, 0.5) is 8.78 Å². The van der Waals surface area contributed by atoms with Crippen molar-refractivity contribution in [2.75, 3.05) is 0 Å². The Morgan fingerprint density at radius 3 is 2.55 bits per heavy atom. The largest absolute Gasteiger partial charge is 0.265 e. The summed E-state index contributed by atoms with van der Waals surface area (Å²) in [5.41, 5.74) is 1.91. The van der Waals surface area contributed by atoms with E-state index in [1.165, 1.54) is 30.7 Å². The van der Waals surface area contributed by atoms with Crippen LogP contribution in [0, 0.1) is 6.92 Å². The highest BCUT2D eigenvalue weighted by Gasteiger charge is 2.19. The average molecular weight is 460 g/mol. The molecule has 0 saturated carbocycles. The highest BCUT2D eigenvalue weighted by Crippen LogP contribution is 2.36. The van der Waals surface area contributed by atoms with Crippen LogP contribution >= 0.6 is 11.6 Å². The van der Waals surface area contributed by atoms with Crippen LogP contribution < -0.4 is 0 Å². The minimum atomic E-state index is -3.63. The van der Waals surface area contributed by atoms with E-state index in [0.717, 1.165) is 0 Å². The van der Waals surface area contributed by atoms with Gasteiger partial charge in [-0.25, -0.2) is 27.2 Å². The van der Waals surface area contributed by atoms with Gasteiger partial charge in [0, 0.05) is 28.9 Å². The minimum absolute atomic E-state index is 0.0431. The summed E-state index contributed by atoms with van der Waals surface area (Å²) >= 11 is 6.06. The molecule has 0 unspecified atom stereocenters. The standard InChI is InChI=1S/C22H16ClF2N3O2S/c1-13-8-19(22(24)25)20(23)10-18(13)21-17-3-2-16(9-14(17)4-7-27-21)31(29,30)11-15-5-6-26-12-28-15/h2-10,12,22H,11H2,1H3. The van der Waals surface area contributed by atoms with Gasteiger partial charge >= 0.3 is 0 Å². The van der Waals surface area contributed by atoms with Gasteiger partial charge in [0.1, 0.15) is 6.33 Å². The summed E-state index contributed by atoms with van der Waals surface area (Å²) in [5, 5.41) is 1.30. The zero-order valence-corrected chi connectivity index (χ0v) is 17.8. The molecule has 0 aliphatic heterocycles. The summed E-state index contributed by atoms with van der Waals surface area (Å²) in [5.74, 6) is -0.247. The number of aryl methyl sites for hydroxylation is 1. The van der Waals surface area contributed by atoms with Crippen molar-refractivity contribution in [1.82, 2.24) is 15.0 Å². The second-order valence-electron chi connectivity index (χ2n) is 6.99. The number of rotatable bonds is 5. The van der Waals surface area contributed by atoms with Crippen LogP contribution in [0.2, 0.25) is 5.02 Å². The molecule has 0 saturated heterocycles. The van der Waals surface area contributed by atoms with E-state index < -0.39 is 16.3 Å². The van der Waals surface area contributed by atoms with Crippen molar-refractivity contribution >= 4 is 32.2 Å². The Labute approximate surface area is 182 Å². The van der Waals surface area contributed by atoms with Crippen LogP contribution in [0.3, 0.4) is 0 Å². The van der Waals surface area contributed by atoms with E-state index in [1.54, 1.807) is 37.4 Å². The lowest BCUT2D eigenvalue weighted by atomic mass is 9.98. The predicted octanol–water partition coefficient (Wildman–Crippen LogP) is 5.57.